The van der Waals surface area contributed by atoms with Crippen molar-refractivity contribution in [1.29, 1.82) is 0 Å². The molecule has 0 aliphatic rings. The van der Waals surface area contributed by atoms with Gasteiger partial charge in [0, 0.05) is 23.4 Å². The van der Waals surface area contributed by atoms with E-state index in [1.165, 1.54) is 0 Å². The van der Waals surface area contributed by atoms with Crippen LogP contribution >= 0.6 is 27.5 Å². The highest BCUT2D eigenvalue weighted by Crippen LogP contribution is 2.21. The number of anilines is 1. The quantitative estimate of drug-likeness (QED) is 0.888. The number of halogens is 2. The molecule has 1 aromatic heterocycles. The molecule has 2 aromatic rings. The normalized spacial score (nSPS) is 10.4. The van der Waals surface area contributed by atoms with Crippen LogP contribution in [0.15, 0.2) is 34.9 Å². The van der Waals surface area contributed by atoms with Crippen LogP contribution in [0.5, 0.6) is 0 Å². The van der Waals surface area contributed by atoms with Crippen molar-refractivity contribution in [3.8, 4) is 0 Å². The summed E-state index contributed by atoms with van der Waals surface area (Å²) in [6, 6.07) is 7.32. The van der Waals surface area contributed by atoms with E-state index in [0.29, 0.717) is 10.7 Å². The van der Waals surface area contributed by atoms with Crippen LogP contribution in [0.25, 0.3) is 0 Å². The lowest BCUT2D eigenvalue weighted by atomic mass is 10.2. The maximum atomic E-state index is 12.0. The summed E-state index contributed by atoms with van der Waals surface area (Å²) in [4.78, 5) is 12.0. The second-order valence-electron chi connectivity index (χ2n) is 4.07. The van der Waals surface area contributed by atoms with E-state index in [4.69, 9.17) is 11.6 Å². The molecule has 0 saturated carbocycles. The van der Waals surface area contributed by atoms with Gasteiger partial charge in [-0.25, -0.2) is 0 Å². The van der Waals surface area contributed by atoms with E-state index in [-0.39, 0.29) is 5.91 Å². The number of aromatic nitrogens is 1. The highest BCUT2D eigenvalue weighted by atomic mass is 79.9. The smallest absolute Gasteiger partial charge is 0.272 e. The Bertz CT molecular complexity index is 607. The predicted molar refractivity (Wildman–Crippen MR) is 77.3 cm³/mol. The van der Waals surface area contributed by atoms with Crippen molar-refractivity contribution in [1.82, 2.24) is 4.57 Å². The van der Waals surface area contributed by atoms with Gasteiger partial charge in [0.25, 0.3) is 5.91 Å². The first kappa shape index (κ1) is 13.2. The Morgan fingerprint density at radius 3 is 2.67 bits per heavy atom. The summed E-state index contributed by atoms with van der Waals surface area (Å²) in [5, 5.41) is 3.38. The number of carbonyl (C=O) groups is 1. The summed E-state index contributed by atoms with van der Waals surface area (Å²) >= 11 is 9.28. The Kier molecular flexibility index (Phi) is 3.78. The minimum Gasteiger partial charge on any atom is -0.345 e. The number of rotatable bonds is 2. The summed E-state index contributed by atoms with van der Waals surface area (Å²) in [7, 11) is 1.78. The minimum atomic E-state index is -0.180. The average Bonchev–Trinajstić information content (AvgIpc) is 2.63. The Balaban J connectivity index is 2.21. The van der Waals surface area contributed by atoms with Crippen LogP contribution in [-0.4, -0.2) is 10.5 Å². The number of carbonyl (C=O) groups excluding carboxylic acids is 1. The van der Waals surface area contributed by atoms with Crippen molar-refractivity contribution in [2.45, 2.75) is 6.92 Å². The van der Waals surface area contributed by atoms with E-state index >= 15 is 0 Å². The average molecular weight is 328 g/mol. The Hall–Kier alpha value is -1.26. The van der Waals surface area contributed by atoms with Crippen LogP contribution in [0.2, 0.25) is 5.02 Å². The van der Waals surface area contributed by atoms with Crippen LogP contribution < -0.4 is 5.32 Å². The zero-order valence-corrected chi connectivity index (χ0v) is 12.3. The van der Waals surface area contributed by atoms with Gasteiger partial charge in [0.2, 0.25) is 0 Å². The van der Waals surface area contributed by atoms with Crippen LogP contribution in [0.1, 0.15) is 16.1 Å². The second kappa shape index (κ2) is 5.16. The lowest BCUT2D eigenvalue weighted by Crippen LogP contribution is -2.15. The molecule has 1 heterocycles. The van der Waals surface area contributed by atoms with Crippen molar-refractivity contribution >= 4 is 39.1 Å². The first-order valence-electron chi connectivity index (χ1n) is 5.37. The SMILES string of the molecule is Cc1ccc(NC(=O)c2cc(Cl)cn2C)cc1Br. The van der Waals surface area contributed by atoms with Gasteiger partial charge in [-0.3, -0.25) is 4.79 Å². The third kappa shape index (κ3) is 2.76. The van der Waals surface area contributed by atoms with E-state index in [2.05, 4.69) is 21.2 Å². The first-order valence-corrected chi connectivity index (χ1v) is 6.54. The van der Waals surface area contributed by atoms with Crippen molar-refractivity contribution < 1.29 is 4.79 Å². The van der Waals surface area contributed by atoms with E-state index < -0.39 is 0 Å². The largest absolute Gasteiger partial charge is 0.345 e. The molecule has 94 valence electrons. The van der Waals surface area contributed by atoms with Gasteiger partial charge >= 0.3 is 0 Å². The molecular formula is C13H12BrClN2O. The molecule has 0 aliphatic carbocycles. The van der Waals surface area contributed by atoms with Gasteiger partial charge in [0.1, 0.15) is 5.69 Å². The molecule has 1 amide bonds. The fraction of sp³-hybridized carbons (Fsp3) is 0.154. The zero-order chi connectivity index (χ0) is 13.3. The molecule has 0 unspecified atom stereocenters. The fourth-order valence-corrected chi connectivity index (χ4v) is 2.24. The van der Waals surface area contributed by atoms with E-state index in [1.54, 1.807) is 23.9 Å². The first-order chi connectivity index (χ1) is 8.47. The van der Waals surface area contributed by atoms with Crippen molar-refractivity contribution in [2.75, 3.05) is 5.32 Å². The van der Waals surface area contributed by atoms with Crippen LogP contribution in [-0.2, 0) is 7.05 Å². The molecule has 0 saturated heterocycles. The minimum absolute atomic E-state index is 0.180. The third-order valence-corrected chi connectivity index (χ3v) is 3.69. The number of nitrogens with one attached hydrogen (secondary N) is 1. The maximum absolute atomic E-state index is 12.0. The van der Waals surface area contributed by atoms with Gasteiger partial charge in [0.05, 0.1) is 5.02 Å². The number of aryl methyl sites for hydroxylation is 2. The summed E-state index contributed by atoms with van der Waals surface area (Å²) in [5.41, 5.74) is 2.39. The molecule has 0 radical (unpaired) electrons. The third-order valence-electron chi connectivity index (χ3n) is 2.63. The predicted octanol–water partition coefficient (Wildman–Crippen LogP) is 4.00. The molecule has 18 heavy (non-hydrogen) atoms. The Morgan fingerprint density at radius 2 is 2.11 bits per heavy atom. The molecule has 0 spiro atoms. The lowest BCUT2D eigenvalue weighted by Gasteiger charge is -2.07. The number of hydrogen-bond donors (Lipinski definition) is 1. The van der Waals surface area contributed by atoms with Crippen LogP contribution in [0.4, 0.5) is 5.69 Å². The van der Waals surface area contributed by atoms with Gasteiger partial charge in [0.15, 0.2) is 0 Å². The van der Waals surface area contributed by atoms with Crippen LogP contribution in [0.3, 0.4) is 0 Å². The summed E-state index contributed by atoms with van der Waals surface area (Å²) in [5.74, 6) is -0.180. The molecule has 3 nitrogen and oxygen atoms in total. The maximum Gasteiger partial charge on any atom is 0.272 e. The van der Waals surface area contributed by atoms with Gasteiger partial charge in [-0.05, 0) is 30.7 Å². The number of benzene rings is 1. The summed E-state index contributed by atoms with van der Waals surface area (Å²) in [6.45, 7) is 1.99. The number of amides is 1. The number of nitrogens with zero attached hydrogens (tertiary/aromatic N) is 1. The van der Waals surface area contributed by atoms with Crippen LogP contribution in [0, 0.1) is 6.92 Å². The highest BCUT2D eigenvalue weighted by molar-refractivity contribution is 9.10. The standard InChI is InChI=1S/C13H12BrClN2O/c1-8-3-4-10(6-11(8)14)16-13(18)12-5-9(15)7-17(12)2/h3-7H,1-2H3,(H,16,18). The molecule has 0 aliphatic heterocycles. The lowest BCUT2D eigenvalue weighted by molar-refractivity contribution is 0.101. The topological polar surface area (TPSA) is 34.0 Å². The molecule has 0 bridgehead atoms. The van der Waals surface area contributed by atoms with Crippen molar-refractivity contribution in [2.24, 2.45) is 7.05 Å². The Labute approximate surface area is 119 Å². The molecular weight excluding hydrogens is 316 g/mol. The molecule has 0 atom stereocenters. The molecule has 2 rings (SSSR count). The Morgan fingerprint density at radius 1 is 1.39 bits per heavy atom. The molecule has 0 fully saturated rings. The van der Waals surface area contributed by atoms with E-state index in [9.17, 15) is 4.79 Å². The summed E-state index contributed by atoms with van der Waals surface area (Å²) in [6.07, 6.45) is 1.70. The molecule has 1 N–H and O–H groups in total. The van der Waals surface area contributed by atoms with Gasteiger partial charge < -0.3 is 9.88 Å². The van der Waals surface area contributed by atoms with Crippen molar-refractivity contribution in [3.05, 3.63) is 51.2 Å². The molecule has 1 aromatic carbocycles. The monoisotopic (exact) mass is 326 g/mol. The van der Waals surface area contributed by atoms with Gasteiger partial charge in [-0.15, -0.1) is 0 Å². The molecule has 5 heteroatoms. The van der Waals surface area contributed by atoms with Gasteiger partial charge in [-0.1, -0.05) is 33.6 Å². The highest BCUT2D eigenvalue weighted by Gasteiger charge is 2.11. The number of hydrogen-bond acceptors (Lipinski definition) is 1. The van der Waals surface area contributed by atoms with Crippen molar-refractivity contribution in [3.63, 3.8) is 0 Å². The second-order valence-corrected chi connectivity index (χ2v) is 5.36. The van der Waals surface area contributed by atoms with E-state index in [1.807, 2.05) is 25.1 Å². The fourth-order valence-electron chi connectivity index (χ4n) is 1.62. The summed E-state index contributed by atoms with van der Waals surface area (Å²) < 4.78 is 2.66. The van der Waals surface area contributed by atoms with Gasteiger partial charge in [-0.2, -0.15) is 0 Å². The zero-order valence-electron chi connectivity index (χ0n) is 10.00. The van der Waals surface area contributed by atoms with E-state index in [0.717, 1.165) is 15.7 Å².